The summed E-state index contributed by atoms with van der Waals surface area (Å²) >= 11 is 0. The molecule has 0 aliphatic carbocycles. The Hall–Kier alpha value is -2.90. The summed E-state index contributed by atoms with van der Waals surface area (Å²) < 4.78 is 1.49. The number of hydrogen-bond donors (Lipinski definition) is 2. The molecule has 8 heteroatoms. The Morgan fingerprint density at radius 3 is 2.76 bits per heavy atom. The van der Waals surface area contributed by atoms with Crippen molar-refractivity contribution in [3.05, 3.63) is 51.8 Å². The van der Waals surface area contributed by atoms with Crippen LogP contribution in [0.2, 0.25) is 0 Å². The standard InChI is InChI=1S/C13H14N4O4/c1-8-3-4-10(17(20)21)5-11(8)15-12(13(18)19)9-6-14-16(2)7-9/h3-7,12,15H,1-2H3,(H,18,19). The first-order valence-electron chi connectivity index (χ1n) is 6.11. The van der Waals surface area contributed by atoms with Crippen LogP contribution in [-0.4, -0.2) is 25.8 Å². The Labute approximate surface area is 120 Å². The quantitative estimate of drug-likeness (QED) is 0.642. The van der Waals surface area contributed by atoms with Crippen LogP contribution in [0.15, 0.2) is 30.6 Å². The second-order valence-corrected chi connectivity index (χ2v) is 4.62. The lowest BCUT2D eigenvalue weighted by atomic mass is 10.1. The van der Waals surface area contributed by atoms with E-state index in [2.05, 4.69) is 10.4 Å². The number of rotatable bonds is 5. The number of carboxylic acids is 1. The molecular weight excluding hydrogens is 276 g/mol. The Bertz CT molecular complexity index is 695. The lowest BCUT2D eigenvalue weighted by Gasteiger charge is -2.16. The zero-order valence-corrected chi connectivity index (χ0v) is 11.5. The lowest BCUT2D eigenvalue weighted by molar-refractivity contribution is -0.384. The molecule has 0 amide bonds. The number of aliphatic carboxylic acids is 1. The van der Waals surface area contributed by atoms with Crippen LogP contribution in [0, 0.1) is 17.0 Å². The molecule has 1 aromatic carbocycles. The fourth-order valence-electron chi connectivity index (χ4n) is 1.91. The molecule has 2 rings (SSSR count). The zero-order chi connectivity index (χ0) is 15.6. The molecule has 1 aromatic heterocycles. The van der Waals surface area contributed by atoms with Crippen LogP contribution in [-0.2, 0) is 11.8 Å². The van der Waals surface area contributed by atoms with Gasteiger partial charge in [0.2, 0.25) is 0 Å². The summed E-state index contributed by atoms with van der Waals surface area (Å²) in [6, 6.07) is 3.24. The van der Waals surface area contributed by atoms with Crippen molar-refractivity contribution in [2.24, 2.45) is 7.05 Å². The molecule has 21 heavy (non-hydrogen) atoms. The highest BCUT2D eigenvalue weighted by molar-refractivity contribution is 5.79. The van der Waals surface area contributed by atoms with Gasteiger partial charge in [0.05, 0.1) is 11.1 Å². The molecule has 8 nitrogen and oxygen atoms in total. The third kappa shape index (κ3) is 3.16. The van der Waals surface area contributed by atoms with E-state index in [4.69, 9.17) is 0 Å². The maximum Gasteiger partial charge on any atom is 0.330 e. The lowest BCUT2D eigenvalue weighted by Crippen LogP contribution is -2.20. The van der Waals surface area contributed by atoms with Crippen molar-refractivity contribution in [2.75, 3.05) is 5.32 Å². The molecule has 0 aliphatic rings. The highest BCUT2D eigenvalue weighted by Crippen LogP contribution is 2.26. The number of carboxylic acid groups (broad SMARTS) is 1. The Morgan fingerprint density at radius 2 is 2.24 bits per heavy atom. The van der Waals surface area contributed by atoms with E-state index in [1.54, 1.807) is 26.2 Å². The average Bonchev–Trinajstić information content (AvgIpc) is 2.83. The molecule has 110 valence electrons. The van der Waals surface area contributed by atoms with Crippen molar-refractivity contribution in [1.82, 2.24) is 9.78 Å². The van der Waals surface area contributed by atoms with Gasteiger partial charge >= 0.3 is 5.97 Å². The third-order valence-electron chi connectivity index (χ3n) is 3.04. The van der Waals surface area contributed by atoms with E-state index >= 15 is 0 Å². The van der Waals surface area contributed by atoms with Gasteiger partial charge in [0.1, 0.15) is 0 Å². The first kappa shape index (κ1) is 14.5. The molecule has 0 saturated carbocycles. The van der Waals surface area contributed by atoms with Gasteiger partial charge in [0.15, 0.2) is 6.04 Å². The van der Waals surface area contributed by atoms with E-state index in [1.807, 2.05) is 0 Å². The Balaban J connectivity index is 2.35. The van der Waals surface area contributed by atoms with E-state index in [-0.39, 0.29) is 5.69 Å². The van der Waals surface area contributed by atoms with Crippen LogP contribution in [0.5, 0.6) is 0 Å². The Morgan fingerprint density at radius 1 is 1.52 bits per heavy atom. The van der Waals surface area contributed by atoms with Gasteiger partial charge in [0, 0.05) is 36.6 Å². The molecule has 1 unspecified atom stereocenters. The molecule has 0 spiro atoms. The maximum absolute atomic E-state index is 11.4. The normalized spacial score (nSPS) is 11.9. The molecule has 0 radical (unpaired) electrons. The summed E-state index contributed by atoms with van der Waals surface area (Å²) in [7, 11) is 1.68. The van der Waals surface area contributed by atoms with Crippen LogP contribution in [0.3, 0.4) is 0 Å². The molecular formula is C13H14N4O4. The summed E-state index contributed by atoms with van der Waals surface area (Å²) in [6.07, 6.45) is 3.02. The summed E-state index contributed by atoms with van der Waals surface area (Å²) in [5.41, 5.74) is 1.49. The SMILES string of the molecule is Cc1ccc([N+](=O)[O-])cc1NC(C(=O)O)c1cnn(C)c1. The van der Waals surface area contributed by atoms with Crippen molar-refractivity contribution in [1.29, 1.82) is 0 Å². The summed E-state index contributed by atoms with van der Waals surface area (Å²) in [6.45, 7) is 1.74. The van der Waals surface area contributed by atoms with Gasteiger partial charge in [-0.1, -0.05) is 6.07 Å². The van der Waals surface area contributed by atoms with Crippen LogP contribution in [0.4, 0.5) is 11.4 Å². The van der Waals surface area contributed by atoms with Crippen molar-refractivity contribution in [3.63, 3.8) is 0 Å². The minimum atomic E-state index is -1.09. The van der Waals surface area contributed by atoms with Gasteiger partial charge in [-0.25, -0.2) is 4.79 Å². The van der Waals surface area contributed by atoms with Gasteiger partial charge < -0.3 is 10.4 Å². The van der Waals surface area contributed by atoms with Crippen LogP contribution in [0.1, 0.15) is 17.2 Å². The minimum absolute atomic E-state index is 0.0987. The van der Waals surface area contributed by atoms with E-state index in [9.17, 15) is 20.0 Å². The number of carbonyl (C=O) groups is 1. The number of hydrogen-bond acceptors (Lipinski definition) is 5. The number of benzene rings is 1. The van der Waals surface area contributed by atoms with Gasteiger partial charge in [-0.3, -0.25) is 14.8 Å². The largest absolute Gasteiger partial charge is 0.479 e. The van der Waals surface area contributed by atoms with E-state index in [0.29, 0.717) is 11.3 Å². The molecule has 0 fully saturated rings. The monoisotopic (exact) mass is 290 g/mol. The van der Waals surface area contributed by atoms with Gasteiger partial charge in [-0.15, -0.1) is 0 Å². The number of nitrogens with one attached hydrogen (secondary N) is 1. The fraction of sp³-hybridized carbons (Fsp3) is 0.231. The van der Waals surface area contributed by atoms with Gasteiger partial charge in [-0.2, -0.15) is 5.10 Å². The molecule has 1 heterocycles. The number of nitro benzene ring substituents is 1. The van der Waals surface area contributed by atoms with Crippen molar-refractivity contribution >= 4 is 17.3 Å². The molecule has 1 atom stereocenters. The fourth-order valence-corrected chi connectivity index (χ4v) is 1.91. The number of anilines is 1. The highest BCUT2D eigenvalue weighted by atomic mass is 16.6. The molecule has 0 aliphatic heterocycles. The summed E-state index contributed by atoms with van der Waals surface area (Å²) in [4.78, 5) is 21.7. The van der Waals surface area contributed by atoms with Gasteiger partial charge in [0.25, 0.3) is 5.69 Å². The first-order chi connectivity index (χ1) is 9.88. The predicted molar refractivity (Wildman–Crippen MR) is 75.0 cm³/mol. The molecule has 0 saturated heterocycles. The molecule has 2 N–H and O–H groups in total. The number of nitrogens with zero attached hydrogens (tertiary/aromatic N) is 3. The van der Waals surface area contributed by atoms with Crippen molar-refractivity contribution in [3.8, 4) is 0 Å². The van der Waals surface area contributed by atoms with Crippen LogP contribution < -0.4 is 5.32 Å². The summed E-state index contributed by atoms with van der Waals surface area (Å²) in [5.74, 6) is -1.09. The minimum Gasteiger partial charge on any atom is -0.479 e. The van der Waals surface area contributed by atoms with Crippen molar-refractivity contribution < 1.29 is 14.8 Å². The maximum atomic E-state index is 11.4. The second-order valence-electron chi connectivity index (χ2n) is 4.62. The van der Waals surface area contributed by atoms with E-state index in [0.717, 1.165) is 5.56 Å². The predicted octanol–water partition coefficient (Wildman–Crippen LogP) is 1.87. The van der Waals surface area contributed by atoms with Crippen molar-refractivity contribution in [2.45, 2.75) is 13.0 Å². The van der Waals surface area contributed by atoms with Crippen LogP contribution >= 0.6 is 0 Å². The van der Waals surface area contributed by atoms with Gasteiger partial charge in [-0.05, 0) is 12.5 Å². The topological polar surface area (TPSA) is 110 Å². The number of aromatic nitrogens is 2. The zero-order valence-electron chi connectivity index (χ0n) is 11.5. The Kier molecular flexibility index (Phi) is 3.88. The van der Waals surface area contributed by atoms with E-state index < -0.39 is 16.9 Å². The third-order valence-corrected chi connectivity index (χ3v) is 3.04. The van der Waals surface area contributed by atoms with E-state index in [1.165, 1.54) is 23.0 Å². The average molecular weight is 290 g/mol. The second kappa shape index (κ2) is 5.61. The summed E-state index contributed by atoms with van der Waals surface area (Å²) in [5, 5.41) is 26.9. The van der Waals surface area contributed by atoms with Crippen LogP contribution in [0.25, 0.3) is 0 Å². The highest BCUT2D eigenvalue weighted by Gasteiger charge is 2.22. The number of aryl methyl sites for hydroxylation is 2. The number of non-ortho nitro benzene ring substituents is 1. The smallest absolute Gasteiger partial charge is 0.330 e. The number of nitro groups is 1. The molecule has 0 bridgehead atoms. The molecule has 2 aromatic rings. The first-order valence-corrected chi connectivity index (χ1v) is 6.11.